The van der Waals surface area contributed by atoms with Crippen molar-refractivity contribution < 1.29 is 0 Å². The molecule has 17 heavy (non-hydrogen) atoms. The largest absolute Gasteiger partial charge is 0.393 e. The van der Waals surface area contributed by atoms with Crippen LogP contribution in [-0.4, -0.2) is 9.97 Å². The number of aromatic nitrogens is 2. The topological polar surface area (TPSA) is 110 Å². The summed E-state index contributed by atoms with van der Waals surface area (Å²) >= 11 is 0. The van der Waals surface area contributed by atoms with E-state index in [1.807, 2.05) is 30.3 Å². The van der Waals surface area contributed by atoms with Crippen LogP contribution in [0.1, 0.15) is 5.56 Å². The predicted octanol–water partition coefficient (Wildman–Crippen LogP) is 0.546. The van der Waals surface area contributed by atoms with Crippen LogP contribution in [0, 0.1) is 0 Å². The van der Waals surface area contributed by atoms with Gasteiger partial charge in [-0.2, -0.15) is 4.98 Å². The van der Waals surface area contributed by atoms with Crippen LogP contribution in [0.25, 0.3) is 0 Å². The van der Waals surface area contributed by atoms with Crippen molar-refractivity contribution in [2.24, 2.45) is 0 Å². The van der Waals surface area contributed by atoms with Gasteiger partial charge in [-0.25, -0.2) is 4.79 Å². The lowest BCUT2D eigenvalue weighted by atomic mass is 10.2. The summed E-state index contributed by atoms with van der Waals surface area (Å²) < 4.78 is 0. The Kier molecular flexibility index (Phi) is 2.95. The highest BCUT2D eigenvalue weighted by Gasteiger charge is 2.05. The van der Waals surface area contributed by atoms with Gasteiger partial charge in [0, 0.05) is 6.54 Å². The summed E-state index contributed by atoms with van der Waals surface area (Å²) in [5.41, 5.74) is 12.0. The van der Waals surface area contributed by atoms with Crippen LogP contribution in [0.3, 0.4) is 0 Å². The standard InChI is InChI=1S/C11H13N5O/c12-8-9(13)15-11(17)16-10(8)14-6-7-4-2-1-3-5-7/h1-5H,6,12H2,(H4,13,14,15,16,17). The lowest BCUT2D eigenvalue weighted by Gasteiger charge is -2.09. The van der Waals surface area contributed by atoms with Crippen LogP contribution >= 0.6 is 0 Å². The highest BCUT2D eigenvalue weighted by Crippen LogP contribution is 2.18. The molecule has 0 radical (unpaired) electrons. The number of nitrogens with zero attached hydrogens (tertiary/aromatic N) is 1. The van der Waals surface area contributed by atoms with Crippen molar-refractivity contribution in [1.82, 2.24) is 9.97 Å². The van der Waals surface area contributed by atoms with Gasteiger partial charge in [-0.15, -0.1) is 0 Å². The summed E-state index contributed by atoms with van der Waals surface area (Å²) in [6.07, 6.45) is 0. The van der Waals surface area contributed by atoms with Crippen molar-refractivity contribution in [3.8, 4) is 0 Å². The Balaban J connectivity index is 2.17. The van der Waals surface area contributed by atoms with E-state index in [1.54, 1.807) is 0 Å². The first-order valence-electron chi connectivity index (χ1n) is 5.10. The van der Waals surface area contributed by atoms with Crippen LogP contribution in [0.15, 0.2) is 35.1 Å². The zero-order valence-electron chi connectivity index (χ0n) is 9.10. The Morgan fingerprint density at radius 3 is 2.65 bits per heavy atom. The molecule has 2 aromatic rings. The van der Waals surface area contributed by atoms with Gasteiger partial charge in [-0.05, 0) is 5.56 Å². The molecule has 0 aliphatic heterocycles. The maximum absolute atomic E-state index is 11.1. The van der Waals surface area contributed by atoms with Crippen molar-refractivity contribution in [2.45, 2.75) is 6.54 Å². The Hall–Kier alpha value is -2.50. The molecule has 0 fully saturated rings. The van der Waals surface area contributed by atoms with Gasteiger partial charge in [0.1, 0.15) is 11.5 Å². The zero-order valence-corrected chi connectivity index (χ0v) is 9.10. The number of rotatable bonds is 3. The smallest absolute Gasteiger partial charge is 0.348 e. The number of aromatic amines is 1. The highest BCUT2D eigenvalue weighted by molar-refractivity contribution is 5.72. The molecule has 0 aliphatic rings. The molecule has 6 heteroatoms. The number of nitrogens with two attached hydrogens (primary N) is 2. The third-order valence-corrected chi connectivity index (χ3v) is 2.31. The van der Waals surface area contributed by atoms with Gasteiger partial charge in [-0.1, -0.05) is 30.3 Å². The predicted molar refractivity (Wildman–Crippen MR) is 67.5 cm³/mol. The second kappa shape index (κ2) is 4.56. The molecule has 1 heterocycles. The third-order valence-electron chi connectivity index (χ3n) is 2.31. The summed E-state index contributed by atoms with van der Waals surface area (Å²) in [6, 6.07) is 9.73. The van der Waals surface area contributed by atoms with Gasteiger partial charge < -0.3 is 16.8 Å². The van der Waals surface area contributed by atoms with Gasteiger partial charge in [-0.3, -0.25) is 4.98 Å². The average molecular weight is 231 g/mol. The lowest BCUT2D eigenvalue weighted by Crippen LogP contribution is -2.18. The number of anilines is 3. The normalized spacial score (nSPS) is 10.1. The van der Waals surface area contributed by atoms with Gasteiger partial charge in [0.25, 0.3) is 0 Å². The van der Waals surface area contributed by atoms with Crippen LogP contribution < -0.4 is 22.5 Å². The van der Waals surface area contributed by atoms with Crippen LogP contribution in [-0.2, 0) is 6.54 Å². The molecule has 0 atom stereocenters. The minimum absolute atomic E-state index is 0.0318. The summed E-state index contributed by atoms with van der Waals surface area (Å²) in [6.45, 7) is 0.546. The molecule has 88 valence electrons. The molecule has 2 rings (SSSR count). The minimum Gasteiger partial charge on any atom is -0.393 e. The van der Waals surface area contributed by atoms with Gasteiger partial charge in [0.2, 0.25) is 0 Å². The molecule has 1 aromatic carbocycles. The van der Waals surface area contributed by atoms with E-state index in [2.05, 4.69) is 15.3 Å². The van der Waals surface area contributed by atoms with E-state index in [4.69, 9.17) is 11.5 Å². The highest BCUT2D eigenvalue weighted by atomic mass is 16.1. The van der Waals surface area contributed by atoms with E-state index in [1.165, 1.54) is 0 Å². The molecule has 6 nitrogen and oxygen atoms in total. The quantitative estimate of drug-likeness (QED) is 0.616. The van der Waals surface area contributed by atoms with Crippen molar-refractivity contribution in [1.29, 1.82) is 0 Å². The fourth-order valence-electron chi connectivity index (χ4n) is 1.43. The number of hydrogen-bond acceptors (Lipinski definition) is 5. The molecular formula is C11H13N5O. The van der Waals surface area contributed by atoms with Gasteiger partial charge in [0.15, 0.2) is 5.82 Å². The summed E-state index contributed by atoms with van der Waals surface area (Å²) in [5.74, 6) is 0.427. The molecule has 0 unspecified atom stereocenters. The molecule has 0 spiro atoms. The van der Waals surface area contributed by atoms with Crippen LogP contribution in [0.4, 0.5) is 17.3 Å². The van der Waals surface area contributed by atoms with Crippen molar-refractivity contribution in [3.63, 3.8) is 0 Å². The molecule has 0 saturated heterocycles. The van der Waals surface area contributed by atoms with Crippen LogP contribution in [0.2, 0.25) is 0 Å². The van der Waals surface area contributed by atoms with E-state index in [0.717, 1.165) is 5.56 Å². The zero-order chi connectivity index (χ0) is 12.3. The summed E-state index contributed by atoms with van der Waals surface area (Å²) in [7, 11) is 0. The van der Waals surface area contributed by atoms with E-state index in [-0.39, 0.29) is 11.5 Å². The monoisotopic (exact) mass is 231 g/mol. The Morgan fingerprint density at radius 2 is 1.94 bits per heavy atom. The minimum atomic E-state index is -0.521. The second-order valence-corrected chi connectivity index (χ2v) is 3.56. The molecule has 0 bridgehead atoms. The number of nitrogen functional groups attached to an aromatic ring is 2. The van der Waals surface area contributed by atoms with Gasteiger partial charge in [0.05, 0.1) is 0 Å². The van der Waals surface area contributed by atoms with Crippen LogP contribution in [0.5, 0.6) is 0 Å². The second-order valence-electron chi connectivity index (χ2n) is 3.56. The number of hydrogen-bond donors (Lipinski definition) is 4. The summed E-state index contributed by atoms with van der Waals surface area (Å²) in [4.78, 5) is 17.1. The maximum Gasteiger partial charge on any atom is 0.348 e. The first kappa shape index (κ1) is 11.0. The Bertz CT molecular complexity index is 564. The molecular weight excluding hydrogens is 218 g/mol. The SMILES string of the molecule is Nc1nc(=O)[nH]c(NCc2ccccc2)c1N. The van der Waals surface area contributed by atoms with E-state index in [0.29, 0.717) is 12.4 Å². The molecule has 0 saturated carbocycles. The Morgan fingerprint density at radius 1 is 1.24 bits per heavy atom. The fourth-order valence-corrected chi connectivity index (χ4v) is 1.43. The molecule has 0 amide bonds. The number of benzene rings is 1. The van der Waals surface area contributed by atoms with E-state index < -0.39 is 5.69 Å². The van der Waals surface area contributed by atoms with E-state index in [9.17, 15) is 4.79 Å². The van der Waals surface area contributed by atoms with Crippen molar-refractivity contribution >= 4 is 17.3 Å². The average Bonchev–Trinajstić information content (AvgIpc) is 2.33. The maximum atomic E-state index is 11.1. The van der Waals surface area contributed by atoms with Gasteiger partial charge >= 0.3 is 5.69 Å². The number of H-pyrrole nitrogens is 1. The van der Waals surface area contributed by atoms with E-state index >= 15 is 0 Å². The summed E-state index contributed by atoms with van der Waals surface area (Å²) in [5, 5.41) is 3.01. The van der Waals surface area contributed by atoms with Crippen molar-refractivity contribution in [2.75, 3.05) is 16.8 Å². The van der Waals surface area contributed by atoms with Crippen molar-refractivity contribution in [3.05, 3.63) is 46.4 Å². The first-order valence-corrected chi connectivity index (χ1v) is 5.10. The third kappa shape index (κ3) is 2.54. The molecule has 6 N–H and O–H groups in total. The number of nitrogens with one attached hydrogen (secondary N) is 2. The molecule has 1 aromatic heterocycles. The Labute approximate surface area is 97.7 Å². The molecule has 0 aliphatic carbocycles. The first-order chi connectivity index (χ1) is 8.16. The fraction of sp³-hybridized carbons (Fsp3) is 0.0909. The lowest BCUT2D eigenvalue weighted by molar-refractivity contribution is 1.04.